The van der Waals surface area contributed by atoms with Crippen molar-refractivity contribution in [1.29, 1.82) is 5.26 Å². The van der Waals surface area contributed by atoms with Gasteiger partial charge >= 0.3 is 0 Å². The van der Waals surface area contributed by atoms with Crippen LogP contribution in [0.3, 0.4) is 0 Å². The van der Waals surface area contributed by atoms with Crippen molar-refractivity contribution in [2.75, 3.05) is 0 Å². The van der Waals surface area contributed by atoms with Crippen molar-refractivity contribution in [3.63, 3.8) is 0 Å². The summed E-state index contributed by atoms with van der Waals surface area (Å²) in [4.78, 5) is -0.0308. The van der Waals surface area contributed by atoms with Crippen LogP contribution in [0.25, 0.3) is 0 Å². The SMILES string of the molecule is Cc1ccccc1CNS(=O)(=O)c1ccc(C#N)cc1Cl. The van der Waals surface area contributed by atoms with Crippen LogP contribution in [-0.4, -0.2) is 8.42 Å². The van der Waals surface area contributed by atoms with Crippen LogP contribution < -0.4 is 4.72 Å². The molecule has 0 unspecified atom stereocenters. The minimum atomic E-state index is -3.72. The van der Waals surface area contributed by atoms with Gasteiger partial charge in [0, 0.05) is 6.54 Å². The van der Waals surface area contributed by atoms with Crippen molar-refractivity contribution in [3.05, 3.63) is 64.2 Å². The van der Waals surface area contributed by atoms with Crippen LogP contribution in [0.4, 0.5) is 0 Å². The van der Waals surface area contributed by atoms with Gasteiger partial charge in [-0.05, 0) is 36.2 Å². The topological polar surface area (TPSA) is 70.0 Å². The number of hydrogen-bond acceptors (Lipinski definition) is 3. The number of nitrogens with one attached hydrogen (secondary N) is 1. The summed E-state index contributed by atoms with van der Waals surface area (Å²) in [7, 11) is -3.72. The van der Waals surface area contributed by atoms with Crippen LogP contribution in [0, 0.1) is 18.3 Å². The number of aryl methyl sites for hydroxylation is 1. The highest BCUT2D eigenvalue weighted by atomic mass is 35.5. The third-order valence-corrected chi connectivity index (χ3v) is 4.95. The summed E-state index contributed by atoms with van der Waals surface area (Å²) >= 11 is 5.94. The van der Waals surface area contributed by atoms with Gasteiger partial charge < -0.3 is 0 Å². The Labute approximate surface area is 129 Å². The van der Waals surface area contributed by atoms with Crippen molar-refractivity contribution >= 4 is 21.6 Å². The Hall–Kier alpha value is -1.87. The first-order valence-corrected chi connectivity index (χ1v) is 8.04. The van der Waals surface area contributed by atoms with Gasteiger partial charge in [0.1, 0.15) is 4.90 Å². The molecule has 0 saturated carbocycles. The Morgan fingerprint density at radius 3 is 2.57 bits per heavy atom. The first kappa shape index (κ1) is 15.5. The number of nitriles is 1. The molecule has 1 N–H and O–H groups in total. The highest BCUT2D eigenvalue weighted by molar-refractivity contribution is 7.89. The molecule has 0 atom stereocenters. The van der Waals surface area contributed by atoms with E-state index < -0.39 is 10.0 Å². The second-order valence-electron chi connectivity index (χ2n) is 4.51. The third-order valence-electron chi connectivity index (χ3n) is 3.06. The van der Waals surface area contributed by atoms with E-state index in [0.717, 1.165) is 11.1 Å². The van der Waals surface area contributed by atoms with Gasteiger partial charge in [0.15, 0.2) is 0 Å². The van der Waals surface area contributed by atoms with Crippen LogP contribution in [0.2, 0.25) is 5.02 Å². The standard InChI is InChI=1S/C15H13ClN2O2S/c1-11-4-2-3-5-13(11)10-18-21(19,20)15-7-6-12(9-17)8-14(15)16/h2-8,18H,10H2,1H3. The zero-order chi connectivity index (χ0) is 15.5. The summed E-state index contributed by atoms with van der Waals surface area (Å²) in [6.45, 7) is 2.10. The van der Waals surface area contributed by atoms with Crippen LogP contribution in [-0.2, 0) is 16.6 Å². The molecule has 0 bridgehead atoms. The Kier molecular flexibility index (Phi) is 4.63. The lowest BCUT2D eigenvalue weighted by molar-refractivity contribution is 0.581. The number of nitrogens with zero attached hydrogens (tertiary/aromatic N) is 1. The first-order valence-electron chi connectivity index (χ1n) is 6.18. The number of halogens is 1. The molecule has 0 aliphatic heterocycles. The first-order chi connectivity index (χ1) is 9.94. The minimum absolute atomic E-state index is 0.0308. The predicted molar refractivity (Wildman–Crippen MR) is 81.4 cm³/mol. The second-order valence-corrected chi connectivity index (χ2v) is 6.65. The van der Waals surface area contributed by atoms with E-state index >= 15 is 0 Å². The number of hydrogen-bond donors (Lipinski definition) is 1. The summed E-state index contributed by atoms with van der Waals surface area (Å²) < 4.78 is 27.0. The molecular weight excluding hydrogens is 308 g/mol. The molecule has 6 heteroatoms. The van der Waals surface area contributed by atoms with E-state index in [1.54, 1.807) is 0 Å². The van der Waals surface area contributed by atoms with Crippen molar-refractivity contribution in [2.45, 2.75) is 18.4 Å². The van der Waals surface area contributed by atoms with E-state index in [4.69, 9.17) is 16.9 Å². The molecule has 0 heterocycles. The molecule has 21 heavy (non-hydrogen) atoms. The molecule has 4 nitrogen and oxygen atoms in total. The maximum Gasteiger partial charge on any atom is 0.242 e. The fourth-order valence-electron chi connectivity index (χ4n) is 1.85. The molecule has 108 valence electrons. The van der Waals surface area contributed by atoms with Crippen LogP contribution in [0.15, 0.2) is 47.4 Å². The molecule has 0 amide bonds. The molecular formula is C15H13ClN2O2S. The fourth-order valence-corrected chi connectivity index (χ4v) is 3.40. The fraction of sp³-hybridized carbons (Fsp3) is 0.133. The van der Waals surface area contributed by atoms with Crippen molar-refractivity contribution in [1.82, 2.24) is 4.72 Å². The minimum Gasteiger partial charge on any atom is -0.207 e. The van der Waals surface area contributed by atoms with Gasteiger partial charge in [-0.3, -0.25) is 0 Å². The lowest BCUT2D eigenvalue weighted by atomic mass is 10.1. The second kappa shape index (κ2) is 6.27. The average molecular weight is 321 g/mol. The van der Waals surface area contributed by atoms with E-state index in [-0.39, 0.29) is 16.5 Å². The Morgan fingerprint density at radius 2 is 1.95 bits per heavy atom. The Morgan fingerprint density at radius 1 is 1.24 bits per heavy atom. The summed E-state index contributed by atoms with van der Waals surface area (Å²) in [5.41, 5.74) is 2.22. The van der Waals surface area contributed by atoms with E-state index in [9.17, 15) is 8.42 Å². The Balaban J connectivity index is 2.24. The zero-order valence-corrected chi connectivity index (χ0v) is 12.9. The number of rotatable bonds is 4. The van der Waals surface area contributed by atoms with Gasteiger partial charge in [-0.1, -0.05) is 35.9 Å². The molecule has 0 aromatic heterocycles. The molecule has 0 saturated heterocycles. The van der Waals surface area contributed by atoms with Crippen molar-refractivity contribution in [2.24, 2.45) is 0 Å². The van der Waals surface area contributed by atoms with Crippen LogP contribution in [0.5, 0.6) is 0 Å². The van der Waals surface area contributed by atoms with E-state index in [0.29, 0.717) is 5.56 Å². The average Bonchev–Trinajstić information content (AvgIpc) is 2.46. The van der Waals surface area contributed by atoms with Gasteiger partial charge in [-0.15, -0.1) is 0 Å². The molecule has 0 fully saturated rings. The summed E-state index contributed by atoms with van der Waals surface area (Å²) in [5.74, 6) is 0. The molecule has 0 radical (unpaired) electrons. The van der Waals surface area contributed by atoms with E-state index in [2.05, 4.69) is 4.72 Å². The molecule has 0 aliphatic rings. The smallest absolute Gasteiger partial charge is 0.207 e. The highest BCUT2D eigenvalue weighted by Crippen LogP contribution is 2.22. The molecule has 2 rings (SSSR count). The molecule has 2 aromatic rings. The maximum atomic E-state index is 12.3. The Bertz CT molecular complexity index is 811. The van der Waals surface area contributed by atoms with Crippen molar-refractivity contribution in [3.8, 4) is 6.07 Å². The molecule has 0 spiro atoms. The van der Waals surface area contributed by atoms with Crippen molar-refractivity contribution < 1.29 is 8.42 Å². The van der Waals surface area contributed by atoms with Gasteiger partial charge in [-0.2, -0.15) is 5.26 Å². The van der Waals surface area contributed by atoms with E-state index in [1.807, 2.05) is 37.3 Å². The third kappa shape index (κ3) is 3.61. The quantitative estimate of drug-likeness (QED) is 0.941. The number of benzene rings is 2. The van der Waals surface area contributed by atoms with Gasteiger partial charge in [0.2, 0.25) is 10.0 Å². The van der Waals surface area contributed by atoms with Gasteiger partial charge in [0.05, 0.1) is 16.7 Å². The molecule has 0 aliphatic carbocycles. The van der Waals surface area contributed by atoms with Crippen LogP contribution >= 0.6 is 11.6 Å². The normalized spacial score (nSPS) is 11.1. The summed E-state index contributed by atoms with van der Waals surface area (Å²) in [6, 6.07) is 13.5. The maximum absolute atomic E-state index is 12.3. The summed E-state index contributed by atoms with van der Waals surface area (Å²) in [5, 5.41) is 8.80. The van der Waals surface area contributed by atoms with Gasteiger partial charge in [0.25, 0.3) is 0 Å². The molecule has 2 aromatic carbocycles. The van der Waals surface area contributed by atoms with E-state index in [1.165, 1.54) is 18.2 Å². The predicted octanol–water partition coefficient (Wildman–Crippen LogP) is 3.00. The van der Waals surface area contributed by atoms with Crippen LogP contribution in [0.1, 0.15) is 16.7 Å². The lowest BCUT2D eigenvalue weighted by Crippen LogP contribution is -2.24. The highest BCUT2D eigenvalue weighted by Gasteiger charge is 2.18. The lowest BCUT2D eigenvalue weighted by Gasteiger charge is -2.10. The largest absolute Gasteiger partial charge is 0.242 e. The van der Waals surface area contributed by atoms with Gasteiger partial charge in [-0.25, -0.2) is 13.1 Å². The summed E-state index contributed by atoms with van der Waals surface area (Å²) in [6.07, 6.45) is 0. The number of sulfonamides is 1. The monoisotopic (exact) mass is 320 g/mol. The zero-order valence-electron chi connectivity index (χ0n) is 11.3.